The minimum atomic E-state index is -0.0490. The van der Waals surface area contributed by atoms with Crippen LogP contribution in [0.15, 0.2) is 34.2 Å². The SMILES string of the molecule is CCCn1c(=O)c2ccccc2n2c(SCC(=O)N3CCCC[C@@H]3C)nnc12. The van der Waals surface area contributed by atoms with Crippen LogP contribution < -0.4 is 5.56 Å². The van der Waals surface area contributed by atoms with Crippen LogP contribution in [0.2, 0.25) is 0 Å². The molecule has 1 fully saturated rings. The Balaban J connectivity index is 1.70. The minimum Gasteiger partial charge on any atom is -0.339 e. The first-order valence-electron chi connectivity index (χ1n) is 9.90. The molecular weight excluding hydrogens is 374 g/mol. The summed E-state index contributed by atoms with van der Waals surface area (Å²) < 4.78 is 3.58. The molecule has 1 atom stereocenters. The molecule has 0 aliphatic carbocycles. The molecule has 2 aromatic heterocycles. The summed E-state index contributed by atoms with van der Waals surface area (Å²) in [6, 6.07) is 7.80. The predicted molar refractivity (Wildman–Crippen MR) is 111 cm³/mol. The molecule has 3 heterocycles. The average Bonchev–Trinajstić information content (AvgIpc) is 3.13. The van der Waals surface area contributed by atoms with E-state index in [1.54, 1.807) is 4.57 Å². The standard InChI is InChI=1S/C20H25N5O2S/c1-3-11-24-18(27)15-9-4-5-10-16(15)25-19(24)21-22-20(25)28-13-17(26)23-12-7-6-8-14(23)2/h4-5,9-10,14H,3,6-8,11-13H2,1-2H3/t14-/m0/s1. The summed E-state index contributed by atoms with van der Waals surface area (Å²) in [5.74, 6) is 0.999. The second-order valence-electron chi connectivity index (χ2n) is 7.31. The number of benzene rings is 1. The van der Waals surface area contributed by atoms with Crippen LogP contribution in [-0.4, -0.2) is 48.3 Å². The molecule has 0 radical (unpaired) electrons. The number of amides is 1. The Morgan fingerprint density at radius 3 is 2.86 bits per heavy atom. The molecule has 0 bridgehead atoms. The van der Waals surface area contributed by atoms with E-state index >= 15 is 0 Å². The van der Waals surface area contributed by atoms with Gasteiger partial charge in [-0.05, 0) is 44.7 Å². The van der Waals surface area contributed by atoms with E-state index in [9.17, 15) is 9.59 Å². The Labute approximate surface area is 167 Å². The summed E-state index contributed by atoms with van der Waals surface area (Å²) in [6.07, 6.45) is 4.16. The fourth-order valence-electron chi connectivity index (χ4n) is 3.93. The highest BCUT2D eigenvalue weighted by molar-refractivity contribution is 7.99. The highest BCUT2D eigenvalue weighted by Gasteiger charge is 2.24. The van der Waals surface area contributed by atoms with E-state index in [-0.39, 0.29) is 11.5 Å². The number of rotatable bonds is 5. The molecule has 3 aromatic rings. The maximum atomic E-state index is 12.9. The summed E-state index contributed by atoms with van der Waals surface area (Å²) in [6.45, 7) is 5.56. The summed E-state index contributed by atoms with van der Waals surface area (Å²) in [5, 5.41) is 9.88. The molecular formula is C20H25N5O2S. The first kappa shape index (κ1) is 19.0. The quantitative estimate of drug-likeness (QED) is 0.617. The molecule has 0 unspecified atom stereocenters. The number of nitrogens with zero attached hydrogens (tertiary/aromatic N) is 5. The van der Waals surface area contributed by atoms with E-state index < -0.39 is 0 Å². The zero-order chi connectivity index (χ0) is 19.7. The molecule has 4 rings (SSSR count). The highest BCUT2D eigenvalue weighted by Crippen LogP contribution is 2.23. The Morgan fingerprint density at radius 1 is 1.25 bits per heavy atom. The smallest absolute Gasteiger partial charge is 0.262 e. The molecule has 1 aliphatic heterocycles. The molecule has 148 valence electrons. The summed E-state index contributed by atoms with van der Waals surface area (Å²) >= 11 is 1.39. The second-order valence-corrected chi connectivity index (χ2v) is 8.26. The zero-order valence-corrected chi connectivity index (χ0v) is 17.1. The highest BCUT2D eigenvalue weighted by atomic mass is 32.2. The first-order chi connectivity index (χ1) is 13.6. The van der Waals surface area contributed by atoms with E-state index in [1.807, 2.05) is 40.5 Å². The number of para-hydroxylation sites is 1. The van der Waals surface area contributed by atoms with Gasteiger partial charge < -0.3 is 4.90 Å². The number of aryl methyl sites for hydroxylation is 1. The lowest BCUT2D eigenvalue weighted by atomic mass is 10.0. The Hall–Kier alpha value is -2.35. The van der Waals surface area contributed by atoms with Gasteiger partial charge >= 0.3 is 0 Å². The third-order valence-electron chi connectivity index (χ3n) is 5.37. The van der Waals surface area contributed by atoms with E-state index in [4.69, 9.17) is 0 Å². The van der Waals surface area contributed by atoms with Crippen molar-refractivity contribution in [2.75, 3.05) is 12.3 Å². The normalized spacial score (nSPS) is 17.5. The van der Waals surface area contributed by atoms with Gasteiger partial charge in [-0.25, -0.2) is 0 Å². The van der Waals surface area contributed by atoms with E-state index in [0.717, 1.165) is 31.3 Å². The first-order valence-corrected chi connectivity index (χ1v) is 10.9. The Bertz CT molecular complexity index is 1070. The van der Waals surface area contributed by atoms with Crippen LogP contribution in [0.3, 0.4) is 0 Å². The Kier molecular flexibility index (Phi) is 5.39. The number of carbonyl (C=O) groups excluding carboxylic acids is 1. The van der Waals surface area contributed by atoms with Gasteiger partial charge in [-0.3, -0.25) is 18.6 Å². The van der Waals surface area contributed by atoms with Crippen molar-refractivity contribution in [1.82, 2.24) is 24.1 Å². The van der Waals surface area contributed by atoms with Gasteiger partial charge in [0.1, 0.15) is 0 Å². The van der Waals surface area contributed by atoms with Gasteiger partial charge in [0.05, 0.1) is 16.7 Å². The maximum absolute atomic E-state index is 12.9. The molecule has 7 nitrogen and oxygen atoms in total. The van der Waals surface area contributed by atoms with E-state index in [2.05, 4.69) is 17.1 Å². The minimum absolute atomic E-state index is 0.0490. The predicted octanol–water partition coefficient (Wildman–Crippen LogP) is 2.95. The van der Waals surface area contributed by atoms with Crippen molar-refractivity contribution >= 4 is 34.3 Å². The lowest BCUT2D eigenvalue weighted by Crippen LogP contribution is -2.42. The summed E-state index contributed by atoms with van der Waals surface area (Å²) in [4.78, 5) is 27.6. The Morgan fingerprint density at radius 2 is 2.07 bits per heavy atom. The number of hydrogen-bond donors (Lipinski definition) is 0. The maximum Gasteiger partial charge on any atom is 0.262 e. The molecule has 0 N–H and O–H groups in total. The van der Waals surface area contributed by atoms with Gasteiger partial charge in [-0.15, -0.1) is 10.2 Å². The number of fused-ring (bicyclic) bond motifs is 3. The van der Waals surface area contributed by atoms with Crippen LogP contribution in [0, 0.1) is 0 Å². The van der Waals surface area contributed by atoms with Crippen molar-refractivity contribution in [2.45, 2.75) is 57.3 Å². The third kappa shape index (κ3) is 3.30. The van der Waals surface area contributed by atoms with Crippen LogP contribution in [0.1, 0.15) is 39.5 Å². The van der Waals surface area contributed by atoms with Crippen molar-refractivity contribution in [2.24, 2.45) is 0 Å². The van der Waals surface area contributed by atoms with Crippen molar-refractivity contribution in [3.8, 4) is 0 Å². The largest absolute Gasteiger partial charge is 0.339 e. The van der Waals surface area contributed by atoms with Crippen LogP contribution in [0.4, 0.5) is 0 Å². The lowest BCUT2D eigenvalue weighted by Gasteiger charge is -2.33. The second kappa shape index (κ2) is 7.95. The molecule has 28 heavy (non-hydrogen) atoms. The average molecular weight is 400 g/mol. The molecule has 0 spiro atoms. The fourth-order valence-corrected chi connectivity index (χ4v) is 4.76. The molecule has 0 saturated carbocycles. The fraction of sp³-hybridized carbons (Fsp3) is 0.500. The van der Waals surface area contributed by atoms with E-state index in [1.165, 1.54) is 18.2 Å². The van der Waals surface area contributed by atoms with Gasteiger partial charge in [0.2, 0.25) is 11.7 Å². The summed E-state index contributed by atoms with van der Waals surface area (Å²) in [5.41, 5.74) is 0.730. The van der Waals surface area contributed by atoms with Crippen LogP contribution in [-0.2, 0) is 11.3 Å². The number of carbonyl (C=O) groups is 1. The third-order valence-corrected chi connectivity index (χ3v) is 6.29. The van der Waals surface area contributed by atoms with Crippen molar-refractivity contribution < 1.29 is 4.79 Å². The number of likely N-dealkylation sites (tertiary alicyclic amines) is 1. The summed E-state index contributed by atoms with van der Waals surface area (Å²) in [7, 11) is 0. The number of thioether (sulfide) groups is 1. The molecule has 8 heteroatoms. The van der Waals surface area contributed by atoms with Gasteiger partial charge in [0.15, 0.2) is 5.16 Å². The van der Waals surface area contributed by atoms with Gasteiger partial charge in [0, 0.05) is 19.1 Å². The van der Waals surface area contributed by atoms with Crippen molar-refractivity contribution in [1.29, 1.82) is 0 Å². The number of hydrogen-bond acceptors (Lipinski definition) is 5. The van der Waals surface area contributed by atoms with Crippen molar-refractivity contribution in [3.05, 3.63) is 34.6 Å². The van der Waals surface area contributed by atoms with Crippen molar-refractivity contribution in [3.63, 3.8) is 0 Å². The molecule has 1 aliphatic rings. The van der Waals surface area contributed by atoms with Gasteiger partial charge in [0.25, 0.3) is 5.56 Å². The van der Waals surface area contributed by atoms with Gasteiger partial charge in [-0.2, -0.15) is 0 Å². The van der Waals surface area contributed by atoms with Crippen LogP contribution >= 0.6 is 11.8 Å². The van der Waals surface area contributed by atoms with E-state index in [0.29, 0.717) is 34.7 Å². The number of aromatic nitrogens is 4. The zero-order valence-electron chi connectivity index (χ0n) is 16.3. The topological polar surface area (TPSA) is 72.5 Å². The number of piperidine rings is 1. The van der Waals surface area contributed by atoms with Gasteiger partial charge in [-0.1, -0.05) is 30.8 Å². The lowest BCUT2D eigenvalue weighted by molar-refractivity contribution is -0.131. The monoisotopic (exact) mass is 399 g/mol. The molecule has 1 amide bonds. The van der Waals surface area contributed by atoms with Crippen LogP contribution in [0.5, 0.6) is 0 Å². The molecule has 1 aromatic carbocycles. The molecule has 1 saturated heterocycles. The van der Waals surface area contributed by atoms with Crippen LogP contribution in [0.25, 0.3) is 16.7 Å².